The molecule has 0 rings (SSSR count). The Labute approximate surface area is 72.4 Å². The Morgan fingerprint density at radius 3 is 2.09 bits per heavy atom. The van der Waals surface area contributed by atoms with Crippen molar-refractivity contribution in [2.24, 2.45) is 11.3 Å². The van der Waals surface area contributed by atoms with E-state index in [1.165, 1.54) is 25.7 Å². The maximum absolute atomic E-state index is 4.19. The van der Waals surface area contributed by atoms with Gasteiger partial charge in [0.1, 0.15) is 0 Å². The first-order valence-electron chi connectivity index (χ1n) is 4.87. The van der Waals surface area contributed by atoms with Crippen molar-refractivity contribution in [2.75, 3.05) is 0 Å². The maximum atomic E-state index is 4.19. The summed E-state index contributed by atoms with van der Waals surface area (Å²) in [5, 5.41) is 0. The standard InChI is InChI=1S/C11H23/c1-6-8-9-10(7-2)11(3,4)5/h10H,3,6-9H2,1-2,4-5H3. The average Bonchev–Trinajstić information content (AvgIpc) is 1.87. The van der Waals surface area contributed by atoms with Gasteiger partial charge in [-0.25, -0.2) is 0 Å². The van der Waals surface area contributed by atoms with E-state index in [9.17, 15) is 0 Å². The van der Waals surface area contributed by atoms with Crippen LogP contribution in [0.4, 0.5) is 0 Å². The highest BCUT2D eigenvalue weighted by atomic mass is 14.3. The van der Waals surface area contributed by atoms with E-state index in [0.29, 0.717) is 0 Å². The zero-order valence-electron chi connectivity index (χ0n) is 8.61. The van der Waals surface area contributed by atoms with Crippen LogP contribution < -0.4 is 0 Å². The first-order chi connectivity index (χ1) is 5.02. The second-order valence-corrected chi connectivity index (χ2v) is 4.24. The molecule has 1 unspecified atom stereocenters. The topological polar surface area (TPSA) is 0 Å². The smallest absolute Gasteiger partial charge is 0.0326 e. The summed E-state index contributed by atoms with van der Waals surface area (Å²) in [5.41, 5.74) is 0.268. The quantitative estimate of drug-likeness (QED) is 0.561. The zero-order valence-corrected chi connectivity index (χ0v) is 8.61. The second kappa shape index (κ2) is 4.79. The summed E-state index contributed by atoms with van der Waals surface area (Å²) in [6.45, 7) is 13.2. The molecule has 0 bridgehead atoms. The van der Waals surface area contributed by atoms with Crippen LogP contribution in [0.2, 0.25) is 0 Å². The molecule has 0 aliphatic heterocycles. The SMILES string of the molecule is [CH2]C(C)(C)C(CC)CCCC. The second-order valence-electron chi connectivity index (χ2n) is 4.24. The lowest BCUT2D eigenvalue weighted by atomic mass is 9.76. The lowest BCUT2D eigenvalue weighted by Gasteiger charge is -2.29. The van der Waals surface area contributed by atoms with Gasteiger partial charge in [0.25, 0.3) is 0 Å². The maximum Gasteiger partial charge on any atom is -0.0326 e. The Morgan fingerprint density at radius 1 is 1.27 bits per heavy atom. The number of hydrogen-bond donors (Lipinski definition) is 0. The van der Waals surface area contributed by atoms with Crippen LogP contribution in [0.15, 0.2) is 0 Å². The van der Waals surface area contributed by atoms with Crippen molar-refractivity contribution in [3.63, 3.8) is 0 Å². The molecule has 0 aliphatic rings. The summed E-state index contributed by atoms with van der Waals surface area (Å²) >= 11 is 0. The van der Waals surface area contributed by atoms with E-state index in [0.717, 1.165) is 5.92 Å². The Hall–Kier alpha value is 0. The predicted molar refractivity (Wildman–Crippen MR) is 52.4 cm³/mol. The molecule has 0 heterocycles. The Morgan fingerprint density at radius 2 is 1.82 bits per heavy atom. The summed E-state index contributed by atoms with van der Waals surface area (Å²) in [7, 11) is 0. The first kappa shape index (κ1) is 11.0. The monoisotopic (exact) mass is 155 g/mol. The molecule has 0 spiro atoms. The Balaban J connectivity index is 3.76. The molecule has 0 aromatic heterocycles. The summed E-state index contributed by atoms with van der Waals surface area (Å²) in [4.78, 5) is 0. The van der Waals surface area contributed by atoms with E-state index in [4.69, 9.17) is 0 Å². The minimum absolute atomic E-state index is 0.268. The molecule has 11 heavy (non-hydrogen) atoms. The van der Waals surface area contributed by atoms with E-state index in [1.807, 2.05) is 0 Å². The first-order valence-corrected chi connectivity index (χ1v) is 4.87. The van der Waals surface area contributed by atoms with E-state index in [2.05, 4.69) is 34.6 Å². The van der Waals surface area contributed by atoms with E-state index in [-0.39, 0.29) is 5.41 Å². The third-order valence-corrected chi connectivity index (χ3v) is 2.50. The summed E-state index contributed by atoms with van der Waals surface area (Å²) in [6, 6.07) is 0. The molecule has 0 fully saturated rings. The van der Waals surface area contributed by atoms with Crippen molar-refractivity contribution in [1.29, 1.82) is 0 Å². The number of rotatable bonds is 5. The molecular formula is C11H23. The van der Waals surface area contributed by atoms with Gasteiger partial charge >= 0.3 is 0 Å². The highest BCUT2D eigenvalue weighted by Gasteiger charge is 2.21. The molecule has 67 valence electrons. The lowest BCUT2D eigenvalue weighted by molar-refractivity contribution is 0.248. The van der Waals surface area contributed by atoms with Crippen molar-refractivity contribution in [3.05, 3.63) is 6.92 Å². The van der Waals surface area contributed by atoms with E-state index >= 15 is 0 Å². The van der Waals surface area contributed by atoms with Crippen molar-refractivity contribution in [1.82, 2.24) is 0 Å². The molecule has 0 saturated heterocycles. The van der Waals surface area contributed by atoms with Crippen LogP contribution in [0, 0.1) is 18.3 Å². The zero-order chi connectivity index (χ0) is 8.91. The summed E-state index contributed by atoms with van der Waals surface area (Å²) < 4.78 is 0. The van der Waals surface area contributed by atoms with Crippen molar-refractivity contribution in [2.45, 2.75) is 53.4 Å². The number of hydrogen-bond acceptors (Lipinski definition) is 0. The lowest BCUT2D eigenvalue weighted by Crippen LogP contribution is -2.19. The molecular weight excluding hydrogens is 132 g/mol. The van der Waals surface area contributed by atoms with Crippen molar-refractivity contribution in [3.8, 4) is 0 Å². The molecule has 0 aliphatic carbocycles. The molecule has 0 aromatic rings. The highest BCUT2D eigenvalue weighted by Crippen LogP contribution is 2.31. The molecule has 0 heteroatoms. The minimum Gasteiger partial charge on any atom is -0.0654 e. The molecule has 1 atom stereocenters. The van der Waals surface area contributed by atoms with Gasteiger partial charge < -0.3 is 0 Å². The largest absolute Gasteiger partial charge is 0.0654 e. The highest BCUT2D eigenvalue weighted by molar-refractivity contribution is 4.79. The van der Waals surface area contributed by atoms with Crippen LogP contribution in [-0.2, 0) is 0 Å². The third-order valence-electron chi connectivity index (χ3n) is 2.50. The van der Waals surface area contributed by atoms with Crippen LogP contribution in [0.1, 0.15) is 53.4 Å². The summed E-state index contributed by atoms with van der Waals surface area (Å²) in [6.07, 6.45) is 5.30. The summed E-state index contributed by atoms with van der Waals surface area (Å²) in [5.74, 6) is 0.808. The fourth-order valence-electron chi connectivity index (χ4n) is 1.60. The molecule has 0 aromatic carbocycles. The molecule has 0 amide bonds. The van der Waals surface area contributed by atoms with Crippen molar-refractivity contribution < 1.29 is 0 Å². The van der Waals surface area contributed by atoms with Gasteiger partial charge in [0.05, 0.1) is 0 Å². The van der Waals surface area contributed by atoms with E-state index in [1.54, 1.807) is 0 Å². The number of unbranched alkanes of at least 4 members (excludes halogenated alkanes) is 1. The Bertz CT molecular complexity index is 86.7. The van der Waals surface area contributed by atoms with Crippen molar-refractivity contribution >= 4 is 0 Å². The van der Waals surface area contributed by atoms with Gasteiger partial charge in [-0.3, -0.25) is 0 Å². The fourth-order valence-corrected chi connectivity index (χ4v) is 1.60. The van der Waals surface area contributed by atoms with Crippen LogP contribution in [0.5, 0.6) is 0 Å². The fraction of sp³-hybridized carbons (Fsp3) is 0.909. The Kier molecular flexibility index (Phi) is 4.79. The van der Waals surface area contributed by atoms with Gasteiger partial charge in [0, 0.05) is 0 Å². The molecule has 0 saturated carbocycles. The van der Waals surface area contributed by atoms with Crippen LogP contribution in [-0.4, -0.2) is 0 Å². The predicted octanol–water partition coefficient (Wildman–Crippen LogP) is 4.06. The van der Waals surface area contributed by atoms with Gasteiger partial charge in [-0.2, -0.15) is 0 Å². The third kappa shape index (κ3) is 4.44. The van der Waals surface area contributed by atoms with Gasteiger partial charge in [-0.1, -0.05) is 47.0 Å². The van der Waals surface area contributed by atoms with Gasteiger partial charge in [-0.15, -0.1) is 0 Å². The normalized spacial score (nSPS) is 15.0. The van der Waals surface area contributed by atoms with Crippen LogP contribution >= 0.6 is 0 Å². The average molecular weight is 155 g/mol. The molecule has 1 radical (unpaired) electrons. The van der Waals surface area contributed by atoms with Crippen LogP contribution in [0.25, 0.3) is 0 Å². The van der Waals surface area contributed by atoms with Gasteiger partial charge in [0.15, 0.2) is 0 Å². The molecule has 0 N–H and O–H groups in total. The molecule has 0 nitrogen and oxygen atoms in total. The van der Waals surface area contributed by atoms with Gasteiger partial charge in [-0.05, 0) is 24.7 Å². The van der Waals surface area contributed by atoms with E-state index < -0.39 is 0 Å². The minimum atomic E-state index is 0.268. The van der Waals surface area contributed by atoms with Gasteiger partial charge in [0.2, 0.25) is 0 Å². The van der Waals surface area contributed by atoms with Crippen LogP contribution in [0.3, 0.4) is 0 Å².